The first-order valence-electron chi connectivity index (χ1n) is 3.89. The zero-order valence-corrected chi connectivity index (χ0v) is 8.96. The van der Waals surface area contributed by atoms with Gasteiger partial charge in [0.05, 0.1) is 18.1 Å². The summed E-state index contributed by atoms with van der Waals surface area (Å²) in [4.78, 5) is 18.8. The number of aromatic nitrogens is 2. The molecule has 5 nitrogen and oxygen atoms in total. The Morgan fingerprint density at radius 3 is 2.24 bits per heavy atom. The lowest BCUT2D eigenvalue weighted by atomic mass is 10.7. The van der Waals surface area contributed by atoms with Gasteiger partial charge < -0.3 is 14.9 Å². The Labute approximate surface area is 98.5 Å². The lowest BCUT2D eigenvalue weighted by molar-refractivity contribution is -0.344. The standard InChI is InChI=1S/C3H4N2.C3H2NS.C2HF3O2/c2*1-2-5-3-4-1;3-2(4,5)1(6)7/h1-3H,(H,4,5);2-3H;(H,6,7)/q;+1;/p-1. The van der Waals surface area contributed by atoms with Gasteiger partial charge >= 0.3 is 6.18 Å². The molecule has 1 N–H and O–H groups in total. The van der Waals surface area contributed by atoms with Crippen molar-refractivity contribution in [1.82, 2.24) is 9.97 Å². The third kappa shape index (κ3) is 10.4. The molecule has 0 fully saturated rings. The highest BCUT2D eigenvalue weighted by Gasteiger charge is 2.28. The van der Waals surface area contributed by atoms with Crippen molar-refractivity contribution in [3.05, 3.63) is 30.3 Å². The van der Waals surface area contributed by atoms with E-state index in [-0.39, 0.29) is 0 Å². The molecule has 0 spiro atoms. The van der Waals surface area contributed by atoms with Gasteiger partial charge in [-0.15, -0.1) is 0 Å². The molecule has 0 radical (unpaired) electrons. The first-order valence-corrected chi connectivity index (χ1v) is 4.84. The Morgan fingerprint density at radius 2 is 2.12 bits per heavy atom. The molecule has 0 atom stereocenters. The molecule has 0 bridgehead atoms. The van der Waals surface area contributed by atoms with Crippen molar-refractivity contribution in [3.8, 4) is 0 Å². The van der Waals surface area contributed by atoms with Crippen molar-refractivity contribution >= 4 is 23.3 Å². The number of carboxylic acids is 1. The number of carbonyl (C=O) groups excluding carboxylic acids is 1. The molecule has 0 saturated heterocycles. The number of halogens is 3. The van der Waals surface area contributed by atoms with E-state index in [4.69, 9.17) is 9.90 Å². The number of hydrogen-bond acceptors (Lipinski definition) is 5. The predicted octanol–water partition coefficient (Wildman–Crippen LogP) is 0.744. The summed E-state index contributed by atoms with van der Waals surface area (Å²) >= 11 is 1.55. The molecular formula is C8H6F3N3O2S. The average Bonchev–Trinajstić information content (AvgIpc) is 2.96. The largest absolute Gasteiger partial charge is 0.542 e. The van der Waals surface area contributed by atoms with Gasteiger partial charge in [-0.05, 0) is 4.99 Å². The molecule has 0 unspecified atom stereocenters. The van der Waals surface area contributed by atoms with Gasteiger partial charge in [0, 0.05) is 12.4 Å². The third-order valence-electron chi connectivity index (χ3n) is 0.946. The smallest absolute Gasteiger partial charge is 0.430 e. The average molecular weight is 265 g/mol. The summed E-state index contributed by atoms with van der Waals surface area (Å²) in [5, 5.41) is 10.6. The van der Waals surface area contributed by atoms with E-state index in [9.17, 15) is 13.2 Å². The molecule has 1 aliphatic heterocycles. The monoisotopic (exact) mass is 265 g/mol. The number of H-pyrrole nitrogens is 1. The van der Waals surface area contributed by atoms with Crippen LogP contribution in [0.3, 0.4) is 0 Å². The highest BCUT2D eigenvalue weighted by molar-refractivity contribution is 8.14. The number of rotatable bonds is 0. The quantitative estimate of drug-likeness (QED) is 0.702. The zero-order chi connectivity index (χ0) is 13.1. The minimum absolute atomic E-state index is 1.55. The summed E-state index contributed by atoms with van der Waals surface area (Å²) in [6, 6.07) is 0. The Balaban J connectivity index is 0.000000229. The van der Waals surface area contributed by atoms with Crippen molar-refractivity contribution in [2.24, 2.45) is 4.99 Å². The van der Waals surface area contributed by atoms with E-state index in [1.165, 1.54) is 0 Å². The predicted molar refractivity (Wildman–Crippen MR) is 53.5 cm³/mol. The second kappa shape index (κ2) is 8.31. The molecule has 2 heterocycles. The number of carboxylic acid groups (broad SMARTS) is 1. The summed E-state index contributed by atoms with van der Waals surface area (Å²) < 4.78 is 31.5. The third-order valence-corrected chi connectivity index (χ3v) is 1.41. The second-order valence-corrected chi connectivity index (χ2v) is 2.88. The number of nitrogens with one attached hydrogen (secondary N) is 1. The fourth-order valence-corrected chi connectivity index (χ4v) is 0.672. The molecule has 1 aromatic rings. The van der Waals surface area contributed by atoms with Gasteiger partial charge in [0.15, 0.2) is 5.41 Å². The number of aliphatic carboxylic acids is 1. The maximum Gasteiger partial charge on any atom is 0.430 e. The Hall–Kier alpha value is -1.86. The second-order valence-electron chi connectivity index (χ2n) is 2.16. The highest BCUT2D eigenvalue weighted by atomic mass is 32.2. The number of aliphatic imine (C=N–C) groups is 1. The van der Waals surface area contributed by atoms with E-state index >= 15 is 0 Å². The molecule has 0 saturated carbocycles. The molecule has 17 heavy (non-hydrogen) atoms. The number of aromatic amines is 1. The molecular weight excluding hydrogens is 259 g/mol. The summed E-state index contributed by atoms with van der Waals surface area (Å²) in [7, 11) is 0. The topological polar surface area (TPSA) is 81.2 Å². The van der Waals surface area contributed by atoms with Crippen molar-refractivity contribution in [3.63, 3.8) is 0 Å². The first-order chi connectivity index (χ1) is 7.94. The van der Waals surface area contributed by atoms with Crippen LogP contribution in [0.25, 0.3) is 0 Å². The number of nitrogens with zero attached hydrogens (tertiary/aromatic N) is 2. The van der Waals surface area contributed by atoms with E-state index in [1.807, 2.05) is 0 Å². The van der Waals surface area contributed by atoms with Crippen LogP contribution in [0.5, 0.6) is 0 Å². The maximum absolute atomic E-state index is 10.5. The first kappa shape index (κ1) is 15.1. The van der Waals surface area contributed by atoms with Gasteiger partial charge in [-0.3, -0.25) is 0 Å². The fourth-order valence-electron chi connectivity index (χ4n) is 0.367. The van der Waals surface area contributed by atoms with Crippen LogP contribution in [0.4, 0.5) is 13.2 Å². The van der Waals surface area contributed by atoms with Gasteiger partial charge in [-0.1, -0.05) is 0 Å². The van der Waals surface area contributed by atoms with Crippen LogP contribution in [0.1, 0.15) is 0 Å². The maximum atomic E-state index is 10.5. The van der Waals surface area contributed by atoms with Crippen LogP contribution in [0.2, 0.25) is 0 Å². The zero-order valence-electron chi connectivity index (χ0n) is 8.14. The molecule has 0 amide bonds. The van der Waals surface area contributed by atoms with Gasteiger partial charge in [0.2, 0.25) is 11.7 Å². The Kier molecular flexibility index (Phi) is 7.40. The van der Waals surface area contributed by atoms with Crippen molar-refractivity contribution in [1.29, 1.82) is 0 Å². The van der Waals surface area contributed by atoms with Gasteiger partial charge in [0.1, 0.15) is 5.97 Å². The normalized spacial score (nSPS) is 11.7. The summed E-state index contributed by atoms with van der Waals surface area (Å²) in [6.45, 7) is 0. The molecule has 92 valence electrons. The van der Waals surface area contributed by atoms with Crippen LogP contribution >= 0.6 is 11.8 Å². The van der Waals surface area contributed by atoms with E-state index in [0.29, 0.717) is 0 Å². The minimum Gasteiger partial charge on any atom is -0.542 e. The van der Waals surface area contributed by atoms with Crippen LogP contribution in [0, 0.1) is 6.20 Å². The van der Waals surface area contributed by atoms with Crippen LogP contribution in [-0.2, 0) is 4.79 Å². The van der Waals surface area contributed by atoms with Crippen LogP contribution in [0.15, 0.2) is 29.1 Å². The van der Waals surface area contributed by atoms with Gasteiger partial charge in [0.25, 0.3) is 0 Å². The lowest BCUT2D eigenvalue weighted by Crippen LogP contribution is -2.37. The molecule has 9 heteroatoms. The van der Waals surface area contributed by atoms with Crippen LogP contribution < -0.4 is 5.11 Å². The fraction of sp³-hybridized carbons (Fsp3) is 0.125. The van der Waals surface area contributed by atoms with E-state index in [1.54, 1.807) is 41.4 Å². The number of carbonyl (C=O) groups is 1. The molecule has 1 aromatic heterocycles. The van der Waals surface area contributed by atoms with E-state index < -0.39 is 12.1 Å². The van der Waals surface area contributed by atoms with Crippen LogP contribution in [-0.4, -0.2) is 27.7 Å². The number of imidazole rings is 1. The van der Waals surface area contributed by atoms with Gasteiger partial charge in [-0.25, -0.2) is 4.98 Å². The number of alkyl halides is 3. The van der Waals surface area contributed by atoms with Crippen molar-refractivity contribution in [2.45, 2.75) is 6.18 Å². The Morgan fingerprint density at radius 1 is 1.47 bits per heavy atom. The SMILES string of the molecule is O=C([O-])C(F)(F)F.[C+]1=CSC=N1.c1c[nH]cn1. The summed E-state index contributed by atoms with van der Waals surface area (Å²) in [5.41, 5.74) is 1.74. The van der Waals surface area contributed by atoms with Crippen molar-refractivity contribution in [2.75, 3.05) is 0 Å². The summed E-state index contributed by atoms with van der Waals surface area (Å²) in [6.07, 6.45) is 2.52. The lowest BCUT2D eigenvalue weighted by Gasteiger charge is -2.03. The van der Waals surface area contributed by atoms with Crippen molar-refractivity contribution < 1.29 is 23.1 Å². The Bertz CT molecular complexity index is 335. The molecule has 0 aliphatic carbocycles. The molecule has 0 aromatic carbocycles. The minimum atomic E-state index is -5.19. The van der Waals surface area contributed by atoms with E-state index in [2.05, 4.69) is 21.2 Å². The van der Waals surface area contributed by atoms with E-state index in [0.717, 1.165) is 0 Å². The molecule has 2 rings (SSSR count). The highest BCUT2D eigenvalue weighted by Crippen LogP contribution is 2.11. The molecule has 1 aliphatic rings. The van der Waals surface area contributed by atoms with Gasteiger partial charge in [-0.2, -0.15) is 13.2 Å². The number of thioether (sulfide) groups is 1. The summed E-state index contributed by atoms with van der Waals surface area (Å²) in [5.74, 6) is -3.01. The number of hydrogen-bond donors (Lipinski definition) is 1.